The lowest BCUT2D eigenvalue weighted by Gasteiger charge is -2.33. The number of rotatable bonds is 2. The molecule has 0 bridgehead atoms. The number of hydrogen-bond donors (Lipinski definition) is 1. The van der Waals surface area contributed by atoms with Crippen molar-refractivity contribution in [3.8, 4) is 5.75 Å². The fourth-order valence-corrected chi connectivity index (χ4v) is 3.36. The molecule has 128 valence electrons. The number of urea groups is 1. The molecular formula is C18H14F2N2O3. The average molecular weight is 344 g/mol. The second-order valence-electron chi connectivity index (χ2n) is 6.03. The predicted octanol–water partition coefficient (Wildman–Crippen LogP) is 2.69. The second kappa shape index (κ2) is 5.54. The van der Waals surface area contributed by atoms with Crippen molar-refractivity contribution in [1.82, 2.24) is 10.2 Å². The largest absolute Gasteiger partial charge is 0.493 e. The minimum absolute atomic E-state index is 0.0547. The maximum Gasteiger partial charge on any atom is 0.325 e. The molecule has 1 N–H and O–H groups in total. The molecule has 2 aliphatic rings. The van der Waals surface area contributed by atoms with Crippen LogP contribution in [0.25, 0.3) is 0 Å². The van der Waals surface area contributed by atoms with E-state index in [0.717, 1.165) is 11.0 Å². The summed E-state index contributed by atoms with van der Waals surface area (Å²) in [5.41, 5.74) is -0.710. The Bertz CT molecular complexity index is 886. The summed E-state index contributed by atoms with van der Waals surface area (Å²) in [5, 5.41) is 2.72. The molecule has 5 nitrogen and oxygen atoms in total. The van der Waals surface area contributed by atoms with Crippen LogP contribution in [0.4, 0.5) is 13.6 Å². The van der Waals surface area contributed by atoms with Gasteiger partial charge in [0.1, 0.15) is 5.75 Å². The number of carbonyl (C=O) groups excluding carboxylic acids is 2. The zero-order chi connectivity index (χ0) is 17.6. The number of imide groups is 1. The molecule has 0 radical (unpaired) electrons. The molecule has 2 aromatic rings. The van der Waals surface area contributed by atoms with Crippen molar-refractivity contribution in [3.63, 3.8) is 0 Å². The molecule has 7 heteroatoms. The molecule has 2 aromatic carbocycles. The van der Waals surface area contributed by atoms with Crippen LogP contribution in [-0.2, 0) is 16.9 Å². The molecule has 1 saturated heterocycles. The van der Waals surface area contributed by atoms with Crippen LogP contribution in [-0.4, -0.2) is 23.4 Å². The number of benzene rings is 2. The van der Waals surface area contributed by atoms with Crippen molar-refractivity contribution in [1.29, 1.82) is 0 Å². The standard InChI is InChI=1S/C18H14F2N2O3/c19-13-6-3-4-11(15(13)20)10-22-16(23)18(21-17(22)24)8-9-25-14-7-2-1-5-12(14)18/h1-7H,8-10H2,(H,21,24). The number of carbonyl (C=O) groups is 2. The van der Waals surface area contributed by atoms with Crippen molar-refractivity contribution in [2.45, 2.75) is 18.5 Å². The highest BCUT2D eigenvalue weighted by molar-refractivity contribution is 6.07. The summed E-state index contributed by atoms with van der Waals surface area (Å²) >= 11 is 0. The maximum atomic E-state index is 13.9. The highest BCUT2D eigenvalue weighted by Crippen LogP contribution is 2.41. The van der Waals surface area contributed by atoms with Gasteiger partial charge in [-0.1, -0.05) is 30.3 Å². The molecule has 1 fully saturated rings. The van der Waals surface area contributed by atoms with Crippen molar-refractivity contribution in [3.05, 3.63) is 65.2 Å². The van der Waals surface area contributed by atoms with E-state index in [4.69, 9.17) is 4.74 Å². The molecular weight excluding hydrogens is 330 g/mol. The highest BCUT2D eigenvalue weighted by atomic mass is 19.2. The van der Waals surface area contributed by atoms with Gasteiger partial charge in [-0.2, -0.15) is 0 Å². The number of nitrogens with zero attached hydrogens (tertiary/aromatic N) is 1. The van der Waals surface area contributed by atoms with Crippen LogP contribution >= 0.6 is 0 Å². The fraction of sp³-hybridized carbons (Fsp3) is 0.222. The van der Waals surface area contributed by atoms with E-state index < -0.39 is 29.1 Å². The Morgan fingerprint density at radius 3 is 2.76 bits per heavy atom. The first kappa shape index (κ1) is 15.6. The number of amides is 3. The molecule has 0 saturated carbocycles. The van der Waals surface area contributed by atoms with E-state index in [1.807, 2.05) is 0 Å². The molecule has 1 unspecified atom stereocenters. The van der Waals surface area contributed by atoms with Gasteiger partial charge in [0.2, 0.25) is 0 Å². The summed E-state index contributed by atoms with van der Waals surface area (Å²) < 4.78 is 32.9. The molecule has 1 atom stereocenters. The lowest BCUT2D eigenvalue weighted by Crippen LogP contribution is -2.47. The van der Waals surface area contributed by atoms with Crippen LogP contribution in [0.15, 0.2) is 42.5 Å². The summed E-state index contributed by atoms with van der Waals surface area (Å²) in [6.07, 6.45) is 0.275. The van der Waals surface area contributed by atoms with E-state index in [0.29, 0.717) is 11.3 Å². The summed E-state index contributed by atoms with van der Waals surface area (Å²) in [6.45, 7) is -0.0652. The summed E-state index contributed by atoms with van der Waals surface area (Å²) in [7, 11) is 0. The summed E-state index contributed by atoms with van der Waals surface area (Å²) in [5.74, 6) is -2.04. The smallest absolute Gasteiger partial charge is 0.325 e. The SMILES string of the molecule is O=C1NC2(CCOc3ccccc32)C(=O)N1Cc1cccc(F)c1F. The molecule has 0 aliphatic carbocycles. The molecule has 0 aromatic heterocycles. The normalized spacial score (nSPS) is 21.9. The molecule has 4 rings (SSSR count). The van der Waals surface area contributed by atoms with Gasteiger partial charge >= 0.3 is 6.03 Å². The zero-order valence-corrected chi connectivity index (χ0v) is 13.1. The van der Waals surface area contributed by atoms with Crippen LogP contribution in [0.2, 0.25) is 0 Å². The number of nitrogens with one attached hydrogen (secondary N) is 1. The van der Waals surface area contributed by atoms with Gasteiger partial charge in [0, 0.05) is 17.5 Å². The van der Waals surface area contributed by atoms with Gasteiger partial charge < -0.3 is 10.1 Å². The highest BCUT2D eigenvalue weighted by Gasteiger charge is 2.54. The van der Waals surface area contributed by atoms with E-state index >= 15 is 0 Å². The van der Waals surface area contributed by atoms with Crippen LogP contribution in [0.1, 0.15) is 17.5 Å². The maximum absolute atomic E-state index is 13.9. The Morgan fingerprint density at radius 2 is 1.92 bits per heavy atom. The van der Waals surface area contributed by atoms with Crippen molar-refractivity contribution in [2.75, 3.05) is 6.61 Å². The zero-order valence-electron chi connectivity index (χ0n) is 13.1. The Balaban J connectivity index is 1.71. The first-order chi connectivity index (χ1) is 12.0. The third-order valence-corrected chi connectivity index (χ3v) is 4.62. The number of hydrogen-bond acceptors (Lipinski definition) is 3. The topological polar surface area (TPSA) is 58.6 Å². The van der Waals surface area contributed by atoms with Crippen molar-refractivity contribution >= 4 is 11.9 Å². The van der Waals surface area contributed by atoms with Gasteiger partial charge in [0.15, 0.2) is 17.2 Å². The molecule has 2 aliphatic heterocycles. The summed E-state index contributed by atoms with van der Waals surface area (Å²) in [4.78, 5) is 26.3. The Morgan fingerprint density at radius 1 is 1.12 bits per heavy atom. The first-order valence-electron chi connectivity index (χ1n) is 7.82. The minimum atomic E-state index is -1.23. The van der Waals surface area contributed by atoms with Gasteiger partial charge in [0.25, 0.3) is 5.91 Å². The first-order valence-corrected chi connectivity index (χ1v) is 7.82. The average Bonchev–Trinajstić information content (AvgIpc) is 2.84. The lowest BCUT2D eigenvalue weighted by molar-refractivity contribution is -0.133. The molecule has 2 heterocycles. The third kappa shape index (κ3) is 2.26. The van der Waals surface area contributed by atoms with E-state index in [-0.39, 0.29) is 25.1 Å². The minimum Gasteiger partial charge on any atom is -0.493 e. The fourth-order valence-electron chi connectivity index (χ4n) is 3.36. The molecule has 3 amide bonds. The van der Waals surface area contributed by atoms with Crippen LogP contribution < -0.4 is 10.1 Å². The van der Waals surface area contributed by atoms with E-state index in [1.54, 1.807) is 24.3 Å². The molecule has 1 spiro atoms. The number of para-hydroxylation sites is 1. The van der Waals surface area contributed by atoms with E-state index in [9.17, 15) is 18.4 Å². The van der Waals surface area contributed by atoms with Gasteiger partial charge in [-0.15, -0.1) is 0 Å². The molecule has 25 heavy (non-hydrogen) atoms. The van der Waals surface area contributed by atoms with E-state index in [1.165, 1.54) is 12.1 Å². The number of halogens is 2. The third-order valence-electron chi connectivity index (χ3n) is 4.62. The quantitative estimate of drug-likeness (QED) is 0.852. The van der Waals surface area contributed by atoms with Crippen LogP contribution in [0.3, 0.4) is 0 Å². The van der Waals surface area contributed by atoms with Gasteiger partial charge in [0.05, 0.1) is 13.2 Å². The lowest BCUT2D eigenvalue weighted by atomic mass is 9.84. The number of fused-ring (bicyclic) bond motifs is 2. The Kier molecular flexibility index (Phi) is 3.45. The van der Waals surface area contributed by atoms with Crippen LogP contribution in [0.5, 0.6) is 5.75 Å². The van der Waals surface area contributed by atoms with E-state index in [2.05, 4.69) is 5.32 Å². The summed E-state index contributed by atoms with van der Waals surface area (Å²) in [6, 6.07) is 10.0. The van der Waals surface area contributed by atoms with Crippen molar-refractivity contribution < 1.29 is 23.1 Å². The Hall–Kier alpha value is -2.96. The van der Waals surface area contributed by atoms with Gasteiger partial charge in [-0.3, -0.25) is 9.69 Å². The van der Waals surface area contributed by atoms with Crippen molar-refractivity contribution in [2.24, 2.45) is 0 Å². The van der Waals surface area contributed by atoms with Gasteiger partial charge in [-0.25, -0.2) is 13.6 Å². The van der Waals surface area contributed by atoms with Crippen LogP contribution in [0, 0.1) is 11.6 Å². The monoisotopic (exact) mass is 344 g/mol. The number of ether oxygens (including phenoxy) is 1. The van der Waals surface area contributed by atoms with Gasteiger partial charge in [-0.05, 0) is 12.1 Å². The predicted molar refractivity (Wildman–Crippen MR) is 83.7 cm³/mol. The second-order valence-corrected chi connectivity index (χ2v) is 6.03. The Labute approximate surface area is 142 Å².